The van der Waals surface area contributed by atoms with Crippen molar-refractivity contribution in [3.8, 4) is 5.75 Å². The molecule has 4 heteroatoms. The van der Waals surface area contributed by atoms with Crippen molar-refractivity contribution in [1.29, 1.82) is 0 Å². The van der Waals surface area contributed by atoms with Crippen molar-refractivity contribution in [2.75, 3.05) is 0 Å². The third kappa shape index (κ3) is 6.62. The summed E-state index contributed by atoms with van der Waals surface area (Å²) in [5.74, 6) is 0.358. The molecule has 1 N–H and O–H groups in total. The Hall–Kier alpha value is -1.58. The Morgan fingerprint density at radius 1 is 1.04 bits per heavy atom. The number of hydrogen-bond donors (Lipinski definition) is 1. The highest BCUT2D eigenvalue weighted by atomic mass is 35.5. The molecule has 0 aliphatic rings. The molecule has 0 bridgehead atoms. The van der Waals surface area contributed by atoms with E-state index in [4.69, 9.17) is 16.3 Å². The van der Waals surface area contributed by atoms with Gasteiger partial charge in [0.1, 0.15) is 18.2 Å². The fraction of sp³-hybridized carbons (Fsp3) is 0.455. The normalized spacial score (nSPS) is 12.3. The van der Waals surface area contributed by atoms with E-state index in [2.05, 4.69) is 46.0 Å². The highest BCUT2D eigenvalue weighted by molar-refractivity contribution is 6.31. The molecule has 0 saturated carbocycles. The Morgan fingerprint density at radius 3 is 2.38 bits per heavy atom. The van der Waals surface area contributed by atoms with E-state index in [9.17, 15) is 4.39 Å². The van der Waals surface area contributed by atoms with Crippen molar-refractivity contribution in [1.82, 2.24) is 5.32 Å². The SMILES string of the molecule is CC(C)(C)CC(C)(C)NCc1cccc(OCc2c(F)cccc2Cl)c1. The smallest absolute Gasteiger partial charge is 0.131 e. The molecule has 0 atom stereocenters. The van der Waals surface area contributed by atoms with Crippen LogP contribution in [0.4, 0.5) is 4.39 Å². The van der Waals surface area contributed by atoms with Crippen LogP contribution in [0.1, 0.15) is 52.2 Å². The maximum atomic E-state index is 13.8. The second-order valence-electron chi connectivity index (χ2n) is 8.61. The molecule has 2 nitrogen and oxygen atoms in total. The van der Waals surface area contributed by atoms with Gasteiger partial charge in [0.05, 0.1) is 5.02 Å². The lowest BCUT2D eigenvalue weighted by Gasteiger charge is -2.33. The average Bonchev–Trinajstić information content (AvgIpc) is 2.51. The predicted octanol–water partition coefficient (Wildman–Crippen LogP) is 6.36. The zero-order valence-corrected chi connectivity index (χ0v) is 17.1. The van der Waals surface area contributed by atoms with Crippen LogP contribution in [-0.4, -0.2) is 5.54 Å². The van der Waals surface area contributed by atoms with Crippen molar-refractivity contribution in [2.24, 2.45) is 5.41 Å². The molecule has 0 unspecified atom stereocenters. The van der Waals surface area contributed by atoms with Crippen LogP contribution in [0, 0.1) is 11.2 Å². The third-order valence-electron chi connectivity index (χ3n) is 4.09. The van der Waals surface area contributed by atoms with Crippen LogP contribution in [0.15, 0.2) is 42.5 Å². The van der Waals surface area contributed by atoms with Gasteiger partial charge in [0.2, 0.25) is 0 Å². The maximum Gasteiger partial charge on any atom is 0.131 e. The molecule has 0 amide bonds. The molecule has 2 aromatic rings. The minimum Gasteiger partial charge on any atom is -0.489 e. The Bertz CT molecular complexity index is 717. The van der Waals surface area contributed by atoms with E-state index in [1.54, 1.807) is 12.1 Å². The van der Waals surface area contributed by atoms with Gasteiger partial charge in [-0.2, -0.15) is 0 Å². The summed E-state index contributed by atoms with van der Waals surface area (Å²) in [4.78, 5) is 0. The highest BCUT2D eigenvalue weighted by Crippen LogP contribution is 2.27. The molecular formula is C22H29ClFNO. The van der Waals surface area contributed by atoms with Crippen molar-refractivity contribution < 1.29 is 9.13 Å². The summed E-state index contributed by atoms with van der Waals surface area (Å²) >= 11 is 6.05. The monoisotopic (exact) mass is 377 g/mol. The van der Waals surface area contributed by atoms with E-state index in [0.29, 0.717) is 16.3 Å². The molecule has 142 valence electrons. The number of ether oxygens (including phenoxy) is 1. The van der Waals surface area contributed by atoms with Crippen molar-refractivity contribution in [3.63, 3.8) is 0 Å². The van der Waals surface area contributed by atoms with Crippen LogP contribution in [0.5, 0.6) is 5.75 Å². The quantitative estimate of drug-likeness (QED) is 0.605. The van der Waals surface area contributed by atoms with Crippen LogP contribution in [0.25, 0.3) is 0 Å². The van der Waals surface area contributed by atoms with Crippen LogP contribution >= 0.6 is 11.6 Å². The van der Waals surface area contributed by atoms with Gasteiger partial charge >= 0.3 is 0 Å². The third-order valence-corrected chi connectivity index (χ3v) is 4.44. The zero-order valence-electron chi connectivity index (χ0n) is 16.3. The first-order valence-corrected chi connectivity index (χ1v) is 9.33. The van der Waals surface area contributed by atoms with E-state index >= 15 is 0 Å². The number of nitrogens with one attached hydrogen (secondary N) is 1. The summed E-state index contributed by atoms with van der Waals surface area (Å²) in [5, 5.41) is 4.00. The molecule has 0 aromatic heterocycles. The van der Waals surface area contributed by atoms with Crippen molar-refractivity contribution >= 4 is 11.6 Å². The number of halogens is 2. The standard InChI is InChI=1S/C22H29ClFNO/c1-21(2,3)15-22(4,5)25-13-16-8-6-9-17(12-16)26-14-18-19(23)10-7-11-20(18)24/h6-12,25H,13-15H2,1-5H3. The summed E-state index contributed by atoms with van der Waals surface area (Å²) in [7, 11) is 0. The van der Waals surface area contributed by atoms with Gasteiger partial charge in [0.15, 0.2) is 0 Å². The lowest BCUT2D eigenvalue weighted by Crippen LogP contribution is -2.41. The van der Waals surface area contributed by atoms with Gasteiger partial charge in [-0.1, -0.05) is 50.6 Å². The molecule has 0 saturated heterocycles. The van der Waals surface area contributed by atoms with E-state index < -0.39 is 0 Å². The largest absolute Gasteiger partial charge is 0.489 e. The Kier molecular flexibility index (Phi) is 6.70. The lowest BCUT2D eigenvalue weighted by atomic mass is 9.82. The van der Waals surface area contributed by atoms with Crippen LogP contribution in [-0.2, 0) is 13.2 Å². The molecule has 0 aliphatic carbocycles. The van der Waals surface area contributed by atoms with Crippen molar-refractivity contribution in [2.45, 2.75) is 59.7 Å². The highest BCUT2D eigenvalue weighted by Gasteiger charge is 2.24. The van der Waals surface area contributed by atoms with Crippen LogP contribution < -0.4 is 10.1 Å². The second-order valence-corrected chi connectivity index (χ2v) is 9.02. The van der Waals surface area contributed by atoms with Gasteiger partial charge in [-0.3, -0.25) is 0 Å². The molecule has 0 aliphatic heterocycles. The summed E-state index contributed by atoms with van der Waals surface area (Å²) in [6, 6.07) is 12.5. The summed E-state index contributed by atoms with van der Waals surface area (Å²) < 4.78 is 19.6. The van der Waals surface area contributed by atoms with Gasteiger partial charge in [0, 0.05) is 17.6 Å². The maximum absolute atomic E-state index is 13.8. The Balaban J connectivity index is 1.98. The molecule has 0 fully saturated rings. The van der Waals surface area contributed by atoms with Gasteiger partial charge in [-0.25, -0.2) is 4.39 Å². The van der Waals surface area contributed by atoms with Gasteiger partial charge < -0.3 is 10.1 Å². The van der Waals surface area contributed by atoms with Crippen molar-refractivity contribution in [3.05, 3.63) is 64.4 Å². The molecular weight excluding hydrogens is 349 g/mol. The average molecular weight is 378 g/mol. The molecule has 0 spiro atoms. The minimum absolute atomic E-state index is 0.0375. The van der Waals surface area contributed by atoms with Gasteiger partial charge in [-0.15, -0.1) is 0 Å². The minimum atomic E-state index is -0.348. The molecule has 2 rings (SSSR count). The van der Waals surface area contributed by atoms with E-state index in [1.165, 1.54) is 6.07 Å². The van der Waals surface area contributed by atoms with E-state index in [-0.39, 0.29) is 23.4 Å². The van der Waals surface area contributed by atoms with Crippen LogP contribution in [0.2, 0.25) is 5.02 Å². The molecule has 26 heavy (non-hydrogen) atoms. The molecule has 0 radical (unpaired) electrons. The fourth-order valence-corrected chi connectivity index (χ4v) is 3.52. The topological polar surface area (TPSA) is 21.3 Å². The number of rotatable bonds is 7. The number of hydrogen-bond acceptors (Lipinski definition) is 2. The predicted molar refractivity (Wildman–Crippen MR) is 107 cm³/mol. The fourth-order valence-electron chi connectivity index (χ4n) is 3.30. The van der Waals surface area contributed by atoms with E-state index in [0.717, 1.165) is 18.5 Å². The van der Waals surface area contributed by atoms with E-state index in [1.807, 2.05) is 18.2 Å². The second kappa shape index (κ2) is 8.41. The first-order chi connectivity index (χ1) is 12.1. The first-order valence-electron chi connectivity index (χ1n) is 8.95. The summed E-state index contributed by atoms with van der Waals surface area (Å²) in [5.41, 5.74) is 1.81. The Morgan fingerprint density at radius 2 is 1.73 bits per heavy atom. The summed E-state index contributed by atoms with van der Waals surface area (Å²) in [6.07, 6.45) is 1.07. The number of benzene rings is 2. The van der Waals surface area contributed by atoms with Gasteiger partial charge in [-0.05, 0) is 55.5 Å². The van der Waals surface area contributed by atoms with Crippen LogP contribution in [0.3, 0.4) is 0 Å². The molecule has 2 aromatic carbocycles. The van der Waals surface area contributed by atoms with Gasteiger partial charge in [0.25, 0.3) is 0 Å². The zero-order chi connectivity index (χ0) is 19.4. The Labute approximate surface area is 161 Å². The first kappa shape index (κ1) is 20.7. The lowest BCUT2D eigenvalue weighted by molar-refractivity contribution is 0.240. The summed E-state index contributed by atoms with van der Waals surface area (Å²) in [6.45, 7) is 12.0. The molecule has 0 heterocycles.